The molecule has 2 N–H and O–H groups in total. The van der Waals surface area contributed by atoms with E-state index in [4.69, 9.17) is 0 Å². The van der Waals surface area contributed by atoms with Gasteiger partial charge in [-0.3, -0.25) is 19.6 Å². The van der Waals surface area contributed by atoms with E-state index in [1.807, 2.05) is 16.8 Å². The second-order valence-electron chi connectivity index (χ2n) is 8.34. The van der Waals surface area contributed by atoms with Crippen LogP contribution in [0.2, 0.25) is 0 Å². The van der Waals surface area contributed by atoms with Gasteiger partial charge in [0.15, 0.2) is 0 Å². The van der Waals surface area contributed by atoms with Crippen LogP contribution in [0.1, 0.15) is 36.6 Å². The molecular formula is C22H25N5O2. The fraction of sp³-hybridized carbons (Fsp3) is 0.409. The highest BCUT2D eigenvalue weighted by atomic mass is 16.1. The first kappa shape index (κ1) is 18.1. The van der Waals surface area contributed by atoms with Crippen LogP contribution in [0.3, 0.4) is 0 Å². The largest absolute Gasteiger partial charge is 0.354 e. The standard InChI is InChI=1S/C22H25N5O2/c1-14(28)23-10-21-18-8-17(20-3-2-4-22(29)27(20)21)12-26(13-18)11-15-5-6-16-9-24-25-19(16)7-15/h2-7,9,17-18,21H,8,10-13H2,1H3,(H,23,28)(H,24,25)/t17-,18+,21+/m1/s1. The van der Waals surface area contributed by atoms with Crippen LogP contribution in [0, 0.1) is 5.92 Å². The van der Waals surface area contributed by atoms with E-state index < -0.39 is 0 Å². The fourth-order valence-corrected chi connectivity index (χ4v) is 5.12. The number of carbonyl (C=O) groups excluding carboxylic acids is 1. The molecule has 2 aliphatic heterocycles. The molecule has 1 aromatic carbocycles. The molecule has 0 aliphatic carbocycles. The number of rotatable bonds is 4. The lowest BCUT2D eigenvalue weighted by Gasteiger charge is -2.47. The van der Waals surface area contributed by atoms with Gasteiger partial charge in [-0.05, 0) is 30.0 Å². The molecule has 1 saturated heterocycles. The minimum atomic E-state index is -0.0572. The zero-order chi connectivity index (χ0) is 20.0. The Hall–Kier alpha value is -2.93. The van der Waals surface area contributed by atoms with E-state index in [2.05, 4.69) is 44.7 Å². The summed E-state index contributed by atoms with van der Waals surface area (Å²) in [5, 5.41) is 11.2. The number of hydrogen-bond acceptors (Lipinski definition) is 4. The number of benzene rings is 1. The van der Waals surface area contributed by atoms with Crippen LogP contribution in [-0.2, 0) is 11.3 Å². The molecular weight excluding hydrogens is 366 g/mol. The van der Waals surface area contributed by atoms with Crippen LogP contribution in [0.5, 0.6) is 0 Å². The van der Waals surface area contributed by atoms with Crippen LogP contribution in [-0.4, -0.2) is 45.2 Å². The third-order valence-electron chi connectivity index (χ3n) is 6.35. The number of nitrogens with one attached hydrogen (secondary N) is 2. The average molecular weight is 391 g/mol. The van der Waals surface area contributed by atoms with Crippen molar-refractivity contribution in [3.8, 4) is 0 Å². The van der Waals surface area contributed by atoms with Gasteiger partial charge in [0, 0.05) is 56.2 Å². The summed E-state index contributed by atoms with van der Waals surface area (Å²) in [6.07, 6.45) is 2.90. The number of fused-ring (bicyclic) bond motifs is 5. The molecule has 0 saturated carbocycles. The third-order valence-corrected chi connectivity index (χ3v) is 6.35. The van der Waals surface area contributed by atoms with Crippen molar-refractivity contribution in [3.63, 3.8) is 0 Å². The van der Waals surface area contributed by atoms with E-state index in [0.717, 1.165) is 42.7 Å². The van der Waals surface area contributed by atoms with E-state index in [0.29, 0.717) is 18.4 Å². The molecule has 5 rings (SSSR count). The number of piperidine rings is 1. The first-order chi connectivity index (χ1) is 14.1. The predicted molar refractivity (Wildman–Crippen MR) is 111 cm³/mol. The molecule has 1 fully saturated rings. The Morgan fingerprint density at radius 2 is 2.17 bits per heavy atom. The lowest BCUT2D eigenvalue weighted by molar-refractivity contribution is -0.119. The zero-order valence-corrected chi connectivity index (χ0v) is 16.5. The summed E-state index contributed by atoms with van der Waals surface area (Å²) in [6.45, 7) is 4.75. The molecule has 0 unspecified atom stereocenters. The maximum Gasteiger partial charge on any atom is 0.251 e. The Bertz CT molecular complexity index is 1120. The van der Waals surface area contributed by atoms with Crippen molar-refractivity contribution in [2.45, 2.75) is 31.8 Å². The predicted octanol–water partition coefficient (Wildman–Crippen LogP) is 2.02. The van der Waals surface area contributed by atoms with Crippen molar-refractivity contribution in [3.05, 3.63) is 64.2 Å². The van der Waals surface area contributed by atoms with E-state index >= 15 is 0 Å². The molecule has 4 heterocycles. The van der Waals surface area contributed by atoms with Gasteiger partial charge in [-0.1, -0.05) is 18.2 Å². The van der Waals surface area contributed by atoms with Gasteiger partial charge in [0.25, 0.3) is 5.56 Å². The molecule has 150 valence electrons. The maximum absolute atomic E-state index is 12.6. The molecule has 2 aliphatic rings. The van der Waals surface area contributed by atoms with Gasteiger partial charge >= 0.3 is 0 Å². The maximum atomic E-state index is 12.6. The second kappa shape index (κ2) is 7.15. The van der Waals surface area contributed by atoms with E-state index in [1.54, 1.807) is 6.07 Å². The second-order valence-corrected chi connectivity index (χ2v) is 8.34. The normalized spacial score (nSPS) is 23.7. The van der Waals surface area contributed by atoms with E-state index in [9.17, 15) is 9.59 Å². The van der Waals surface area contributed by atoms with Gasteiger partial charge in [0.2, 0.25) is 5.91 Å². The van der Waals surface area contributed by atoms with Crippen molar-refractivity contribution in [2.75, 3.05) is 19.6 Å². The highest BCUT2D eigenvalue weighted by Crippen LogP contribution is 2.41. The summed E-state index contributed by atoms with van der Waals surface area (Å²) in [4.78, 5) is 26.7. The first-order valence-electron chi connectivity index (χ1n) is 10.2. The highest BCUT2D eigenvalue weighted by Gasteiger charge is 2.40. The minimum Gasteiger partial charge on any atom is -0.354 e. The Labute approximate surface area is 168 Å². The van der Waals surface area contributed by atoms with E-state index in [-0.39, 0.29) is 17.5 Å². The summed E-state index contributed by atoms with van der Waals surface area (Å²) < 4.78 is 1.93. The number of aromatic amines is 1. The van der Waals surface area contributed by atoms with Gasteiger partial charge in [-0.15, -0.1) is 0 Å². The lowest BCUT2D eigenvalue weighted by atomic mass is 9.78. The van der Waals surface area contributed by atoms with Gasteiger partial charge in [-0.25, -0.2) is 0 Å². The van der Waals surface area contributed by atoms with Gasteiger partial charge in [0.05, 0.1) is 17.8 Å². The van der Waals surface area contributed by atoms with Crippen molar-refractivity contribution < 1.29 is 4.79 Å². The van der Waals surface area contributed by atoms with Crippen molar-refractivity contribution in [1.29, 1.82) is 0 Å². The van der Waals surface area contributed by atoms with Crippen LogP contribution >= 0.6 is 0 Å². The van der Waals surface area contributed by atoms with E-state index in [1.165, 1.54) is 12.5 Å². The molecule has 0 spiro atoms. The zero-order valence-electron chi connectivity index (χ0n) is 16.5. The minimum absolute atomic E-state index is 0.00302. The summed E-state index contributed by atoms with van der Waals surface area (Å²) in [7, 11) is 0. The number of pyridine rings is 1. The topological polar surface area (TPSA) is 83.0 Å². The van der Waals surface area contributed by atoms with Crippen molar-refractivity contribution in [2.24, 2.45) is 5.92 Å². The molecule has 2 aromatic heterocycles. The monoisotopic (exact) mass is 391 g/mol. The van der Waals surface area contributed by atoms with Gasteiger partial charge in [0.1, 0.15) is 0 Å². The highest BCUT2D eigenvalue weighted by molar-refractivity contribution is 5.78. The summed E-state index contributed by atoms with van der Waals surface area (Å²) in [6, 6.07) is 12.0. The smallest absolute Gasteiger partial charge is 0.251 e. The quantitative estimate of drug-likeness (QED) is 0.713. The Morgan fingerprint density at radius 1 is 1.28 bits per heavy atom. The molecule has 0 radical (unpaired) electrons. The Balaban J connectivity index is 1.43. The average Bonchev–Trinajstić information content (AvgIpc) is 3.16. The van der Waals surface area contributed by atoms with Gasteiger partial charge < -0.3 is 9.88 Å². The molecule has 7 nitrogen and oxygen atoms in total. The molecule has 3 atom stereocenters. The number of H-pyrrole nitrogens is 1. The third kappa shape index (κ3) is 3.35. The fourth-order valence-electron chi connectivity index (χ4n) is 5.12. The Kier molecular flexibility index (Phi) is 4.47. The number of hydrogen-bond donors (Lipinski definition) is 2. The molecule has 1 amide bonds. The van der Waals surface area contributed by atoms with Crippen molar-refractivity contribution >= 4 is 16.8 Å². The van der Waals surface area contributed by atoms with Crippen LogP contribution in [0.4, 0.5) is 0 Å². The Morgan fingerprint density at radius 3 is 3.03 bits per heavy atom. The molecule has 29 heavy (non-hydrogen) atoms. The number of aromatic nitrogens is 3. The summed E-state index contributed by atoms with van der Waals surface area (Å²) in [5.41, 5.74) is 3.44. The SMILES string of the molecule is CC(=O)NC[C@H]1[C@H]2C[C@H](CN(Cc3ccc4cn[nH]c4c3)C2)c2cccc(=O)n21. The van der Waals surface area contributed by atoms with Crippen LogP contribution in [0.25, 0.3) is 10.9 Å². The molecule has 7 heteroatoms. The first-order valence-corrected chi connectivity index (χ1v) is 10.2. The number of carbonyl (C=O) groups is 1. The number of likely N-dealkylation sites (tertiary alicyclic amines) is 1. The summed E-state index contributed by atoms with van der Waals surface area (Å²) >= 11 is 0. The number of amides is 1. The van der Waals surface area contributed by atoms with Crippen molar-refractivity contribution in [1.82, 2.24) is 25.0 Å². The van der Waals surface area contributed by atoms with Crippen LogP contribution < -0.4 is 10.9 Å². The molecule has 3 aromatic rings. The summed E-state index contributed by atoms with van der Waals surface area (Å²) in [5.74, 6) is 0.620. The lowest BCUT2D eigenvalue weighted by Crippen LogP contribution is -2.51. The van der Waals surface area contributed by atoms with Crippen LogP contribution in [0.15, 0.2) is 47.4 Å². The number of nitrogens with zero attached hydrogens (tertiary/aromatic N) is 3. The molecule has 2 bridgehead atoms. The van der Waals surface area contributed by atoms with Gasteiger partial charge in [-0.2, -0.15) is 5.10 Å².